The van der Waals surface area contributed by atoms with E-state index >= 15 is 0 Å². The molecular formula is C23H30N3O3S+. The molecule has 160 valence electrons. The van der Waals surface area contributed by atoms with E-state index in [0.29, 0.717) is 13.0 Å². The fraction of sp³-hybridized carbons (Fsp3) is 0.391. The van der Waals surface area contributed by atoms with E-state index in [1.54, 1.807) is 25.6 Å². The predicted molar refractivity (Wildman–Crippen MR) is 122 cm³/mol. The third-order valence-corrected chi connectivity index (χ3v) is 6.23. The molecule has 0 bridgehead atoms. The smallest absolute Gasteiger partial charge is 0.233 e. The molecule has 0 saturated heterocycles. The summed E-state index contributed by atoms with van der Waals surface area (Å²) < 4.78 is 11.8. The van der Waals surface area contributed by atoms with E-state index in [0.717, 1.165) is 50.9 Å². The number of nitrogens with zero attached hydrogens (tertiary/aromatic N) is 2. The minimum Gasteiger partial charge on any atom is -0.497 e. The first kappa shape index (κ1) is 22.1. The van der Waals surface area contributed by atoms with E-state index in [1.165, 1.54) is 4.90 Å². The number of carbonyl (C=O) groups excluding carboxylic acids is 1. The predicted octanol–water partition coefficient (Wildman–Crippen LogP) is 2.73. The number of aryl methyl sites for hydroxylation is 1. The maximum absolute atomic E-state index is 13.3. The Morgan fingerprint density at radius 1 is 1.10 bits per heavy atom. The van der Waals surface area contributed by atoms with Gasteiger partial charge in [0.15, 0.2) is 5.13 Å². The number of thiazole rings is 1. The van der Waals surface area contributed by atoms with Crippen molar-refractivity contribution in [3.63, 3.8) is 0 Å². The van der Waals surface area contributed by atoms with Gasteiger partial charge in [-0.2, -0.15) is 0 Å². The molecule has 0 aliphatic rings. The summed E-state index contributed by atoms with van der Waals surface area (Å²) in [4.78, 5) is 21.3. The molecule has 1 N–H and O–H groups in total. The van der Waals surface area contributed by atoms with Crippen LogP contribution in [-0.4, -0.2) is 52.3 Å². The number of rotatable bonds is 9. The standard InChI is InChI=1S/C23H29N3O3S/c1-16-7-12-19(29-5)21-22(16)30-23(24-21)26(14-6-13-25(2)3)20(27)15-17-8-10-18(28-4)11-9-17/h7-12H,6,13-15H2,1-5H3/p+1. The molecule has 0 aliphatic heterocycles. The summed E-state index contributed by atoms with van der Waals surface area (Å²) in [5.74, 6) is 1.56. The third kappa shape index (κ3) is 5.09. The van der Waals surface area contributed by atoms with E-state index in [1.807, 2.05) is 41.3 Å². The van der Waals surface area contributed by atoms with Gasteiger partial charge in [0.05, 0.1) is 46.0 Å². The summed E-state index contributed by atoms with van der Waals surface area (Å²) in [6, 6.07) is 11.6. The molecule has 3 aromatic rings. The van der Waals surface area contributed by atoms with Crippen LogP contribution in [0.4, 0.5) is 5.13 Å². The molecule has 0 saturated carbocycles. The minimum atomic E-state index is 0.0459. The van der Waals surface area contributed by atoms with Gasteiger partial charge < -0.3 is 14.4 Å². The van der Waals surface area contributed by atoms with Crippen molar-refractivity contribution in [3.8, 4) is 11.5 Å². The second kappa shape index (κ2) is 9.91. The van der Waals surface area contributed by atoms with E-state index in [4.69, 9.17) is 14.5 Å². The number of aromatic nitrogens is 1. The van der Waals surface area contributed by atoms with E-state index in [-0.39, 0.29) is 5.91 Å². The van der Waals surface area contributed by atoms with Crippen LogP contribution in [0.3, 0.4) is 0 Å². The third-order valence-electron chi connectivity index (χ3n) is 5.02. The fourth-order valence-corrected chi connectivity index (χ4v) is 4.40. The first-order valence-corrected chi connectivity index (χ1v) is 10.9. The zero-order valence-corrected chi connectivity index (χ0v) is 19.1. The molecule has 30 heavy (non-hydrogen) atoms. The highest BCUT2D eigenvalue weighted by atomic mass is 32.1. The number of carbonyl (C=O) groups is 1. The monoisotopic (exact) mass is 428 g/mol. The summed E-state index contributed by atoms with van der Waals surface area (Å²) in [6.07, 6.45) is 1.23. The molecule has 7 heteroatoms. The zero-order valence-electron chi connectivity index (χ0n) is 18.3. The van der Waals surface area contributed by atoms with Gasteiger partial charge >= 0.3 is 0 Å². The lowest BCUT2D eigenvalue weighted by Gasteiger charge is -2.20. The average molecular weight is 429 g/mol. The van der Waals surface area contributed by atoms with Crippen LogP contribution in [0.15, 0.2) is 36.4 Å². The van der Waals surface area contributed by atoms with Crippen LogP contribution in [-0.2, 0) is 11.2 Å². The highest BCUT2D eigenvalue weighted by molar-refractivity contribution is 7.22. The fourth-order valence-electron chi connectivity index (χ4n) is 3.31. The summed E-state index contributed by atoms with van der Waals surface area (Å²) in [7, 11) is 7.53. The Hall–Kier alpha value is -2.64. The van der Waals surface area contributed by atoms with Gasteiger partial charge in [-0.15, -0.1) is 0 Å². The van der Waals surface area contributed by atoms with Crippen molar-refractivity contribution in [2.75, 3.05) is 46.3 Å². The molecule has 1 amide bonds. The number of benzene rings is 2. The Kier molecular flexibility index (Phi) is 7.29. The van der Waals surface area contributed by atoms with Crippen LogP contribution in [0.5, 0.6) is 11.5 Å². The van der Waals surface area contributed by atoms with E-state index in [2.05, 4.69) is 21.0 Å². The number of hydrogen-bond donors (Lipinski definition) is 1. The van der Waals surface area contributed by atoms with Gasteiger partial charge in [0.1, 0.15) is 17.0 Å². The number of anilines is 1. The zero-order chi connectivity index (χ0) is 21.7. The average Bonchev–Trinajstić information content (AvgIpc) is 3.17. The quantitative estimate of drug-likeness (QED) is 0.569. The molecular weight excluding hydrogens is 398 g/mol. The van der Waals surface area contributed by atoms with Crippen LogP contribution >= 0.6 is 11.3 Å². The SMILES string of the molecule is COc1ccc(CC(=O)N(CCC[NH+](C)C)c2nc3c(OC)ccc(C)c3s2)cc1. The van der Waals surface area contributed by atoms with Crippen molar-refractivity contribution in [2.45, 2.75) is 19.8 Å². The molecule has 1 aromatic heterocycles. The first-order chi connectivity index (χ1) is 14.4. The number of amides is 1. The second-order valence-electron chi connectivity index (χ2n) is 7.64. The Balaban J connectivity index is 1.90. The number of quaternary nitrogens is 1. The first-order valence-electron chi connectivity index (χ1n) is 10.1. The minimum absolute atomic E-state index is 0.0459. The normalized spacial score (nSPS) is 11.1. The van der Waals surface area contributed by atoms with Gasteiger partial charge in [0, 0.05) is 13.0 Å². The summed E-state index contributed by atoms with van der Waals surface area (Å²) in [5, 5.41) is 0.727. The molecule has 0 unspecified atom stereocenters. The maximum atomic E-state index is 13.3. The lowest BCUT2D eigenvalue weighted by atomic mass is 10.1. The van der Waals surface area contributed by atoms with E-state index < -0.39 is 0 Å². The molecule has 0 fully saturated rings. The molecule has 0 atom stereocenters. The van der Waals surface area contributed by atoms with Crippen LogP contribution in [0.1, 0.15) is 17.5 Å². The highest BCUT2D eigenvalue weighted by Gasteiger charge is 2.22. The van der Waals surface area contributed by atoms with Gasteiger partial charge in [0.25, 0.3) is 0 Å². The van der Waals surface area contributed by atoms with Gasteiger partial charge in [-0.05, 0) is 36.2 Å². The summed E-state index contributed by atoms with van der Waals surface area (Å²) in [5.41, 5.74) is 2.91. The Labute approximate surface area is 182 Å². The van der Waals surface area contributed by atoms with Crippen molar-refractivity contribution >= 4 is 32.6 Å². The van der Waals surface area contributed by atoms with Crippen molar-refractivity contribution < 1.29 is 19.2 Å². The number of hydrogen-bond acceptors (Lipinski definition) is 5. The van der Waals surface area contributed by atoms with Crippen LogP contribution < -0.4 is 19.3 Å². The molecule has 0 aliphatic carbocycles. The van der Waals surface area contributed by atoms with Gasteiger partial charge in [0.2, 0.25) is 5.91 Å². The Morgan fingerprint density at radius 2 is 1.83 bits per heavy atom. The topological polar surface area (TPSA) is 56.1 Å². The molecule has 1 heterocycles. The maximum Gasteiger partial charge on any atom is 0.233 e. The van der Waals surface area contributed by atoms with Crippen molar-refractivity contribution in [3.05, 3.63) is 47.5 Å². The van der Waals surface area contributed by atoms with Crippen LogP contribution in [0, 0.1) is 6.92 Å². The van der Waals surface area contributed by atoms with Crippen molar-refractivity contribution in [2.24, 2.45) is 0 Å². The largest absolute Gasteiger partial charge is 0.497 e. The second-order valence-corrected chi connectivity index (χ2v) is 8.62. The highest BCUT2D eigenvalue weighted by Crippen LogP contribution is 2.36. The molecule has 0 spiro atoms. The van der Waals surface area contributed by atoms with E-state index in [9.17, 15) is 4.79 Å². The molecule has 6 nitrogen and oxygen atoms in total. The van der Waals surface area contributed by atoms with Crippen LogP contribution in [0.25, 0.3) is 10.2 Å². The lowest BCUT2D eigenvalue weighted by Crippen LogP contribution is -3.05. The number of nitrogens with one attached hydrogen (secondary N) is 1. The van der Waals surface area contributed by atoms with Crippen molar-refractivity contribution in [1.82, 2.24) is 4.98 Å². The van der Waals surface area contributed by atoms with Gasteiger partial charge in [-0.3, -0.25) is 9.69 Å². The lowest BCUT2D eigenvalue weighted by molar-refractivity contribution is -0.858. The van der Waals surface area contributed by atoms with Crippen LogP contribution in [0.2, 0.25) is 0 Å². The number of methoxy groups -OCH3 is 2. The molecule has 0 radical (unpaired) electrons. The van der Waals surface area contributed by atoms with Crippen molar-refractivity contribution in [1.29, 1.82) is 0 Å². The Morgan fingerprint density at radius 3 is 2.47 bits per heavy atom. The molecule has 2 aromatic carbocycles. The molecule has 3 rings (SSSR count). The number of ether oxygens (including phenoxy) is 2. The van der Waals surface area contributed by atoms with Gasteiger partial charge in [-0.1, -0.05) is 29.5 Å². The Bertz CT molecular complexity index is 999. The van der Waals surface area contributed by atoms with Gasteiger partial charge in [-0.25, -0.2) is 4.98 Å². The number of fused-ring (bicyclic) bond motifs is 1. The summed E-state index contributed by atoms with van der Waals surface area (Å²) >= 11 is 1.55. The summed E-state index contributed by atoms with van der Waals surface area (Å²) in [6.45, 7) is 3.68.